The summed E-state index contributed by atoms with van der Waals surface area (Å²) in [5, 5.41) is 5.50. The number of halogens is 3. The van der Waals surface area contributed by atoms with Crippen molar-refractivity contribution in [2.75, 3.05) is 25.4 Å². The first-order valence-corrected chi connectivity index (χ1v) is 11.3. The van der Waals surface area contributed by atoms with Crippen LogP contribution in [0.5, 0.6) is 0 Å². The first-order chi connectivity index (χ1) is 16.1. The predicted octanol–water partition coefficient (Wildman–Crippen LogP) is 3.07. The van der Waals surface area contributed by atoms with Gasteiger partial charge < -0.3 is 16.4 Å². The van der Waals surface area contributed by atoms with Crippen LogP contribution in [0.25, 0.3) is 0 Å². The topological polar surface area (TPSA) is 100 Å². The van der Waals surface area contributed by atoms with Crippen molar-refractivity contribution >= 4 is 17.6 Å². The normalized spacial score (nSPS) is 16.5. The Hall–Kier alpha value is -3.14. The van der Waals surface area contributed by atoms with Gasteiger partial charge >= 0.3 is 6.18 Å². The van der Waals surface area contributed by atoms with E-state index in [2.05, 4.69) is 20.5 Å². The number of pyridine rings is 1. The van der Waals surface area contributed by atoms with Crippen molar-refractivity contribution in [3.8, 4) is 0 Å². The Morgan fingerprint density at radius 3 is 2.47 bits per heavy atom. The Morgan fingerprint density at radius 2 is 1.82 bits per heavy atom. The molecule has 34 heavy (non-hydrogen) atoms. The van der Waals surface area contributed by atoms with Crippen molar-refractivity contribution in [1.82, 2.24) is 20.5 Å². The highest BCUT2D eigenvalue weighted by Gasteiger charge is 2.32. The average molecular weight is 478 g/mol. The molecule has 1 fully saturated rings. The lowest BCUT2D eigenvalue weighted by Crippen LogP contribution is -2.48. The number of benzene rings is 1. The van der Waals surface area contributed by atoms with E-state index in [1.54, 1.807) is 19.1 Å². The Bertz CT molecular complexity index is 975. The number of nitrogens with one attached hydrogen (secondary N) is 2. The smallest absolute Gasteiger partial charge is 0.384 e. The summed E-state index contributed by atoms with van der Waals surface area (Å²) in [5.74, 6) is -1.42. The summed E-state index contributed by atoms with van der Waals surface area (Å²) >= 11 is 0. The second-order valence-electron chi connectivity index (χ2n) is 8.50. The van der Waals surface area contributed by atoms with Crippen LogP contribution in [0, 0.1) is 0 Å². The van der Waals surface area contributed by atoms with Crippen LogP contribution >= 0.6 is 0 Å². The molecule has 1 aromatic carbocycles. The number of nitrogens with two attached hydrogens (primary N) is 1. The third kappa shape index (κ3) is 6.93. The number of alkyl halides is 3. The van der Waals surface area contributed by atoms with Crippen molar-refractivity contribution in [2.45, 2.75) is 50.9 Å². The lowest BCUT2D eigenvalue weighted by molar-refractivity contribution is -0.138. The van der Waals surface area contributed by atoms with Crippen molar-refractivity contribution in [2.24, 2.45) is 0 Å². The third-order valence-electron chi connectivity index (χ3n) is 6.05. The summed E-state index contributed by atoms with van der Waals surface area (Å²) in [5.41, 5.74) is 5.58. The van der Waals surface area contributed by atoms with Crippen LogP contribution in [0.15, 0.2) is 42.6 Å². The van der Waals surface area contributed by atoms with Gasteiger partial charge in [0.15, 0.2) is 0 Å². The zero-order valence-electron chi connectivity index (χ0n) is 19.1. The molecule has 0 radical (unpaired) electrons. The van der Waals surface area contributed by atoms with Gasteiger partial charge in [-0.05, 0) is 56.1 Å². The fourth-order valence-corrected chi connectivity index (χ4v) is 3.97. The molecule has 184 valence electrons. The van der Waals surface area contributed by atoms with Gasteiger partial charge in [-0.25, -0.2) is 4.98 Å². The van der Waals surface area contributed by atoms with E-state index >= 15 is 0 Å². The summed E-state index contributed by atoms with van der Waals surface area (Å²) in [6.07, 6.45) is 0.140. The largest absolute Gasteiger partial charge is 0.416 e. The molecule has 0 spiro atoms. The molecule has 0 aliphatic carbocycles. The molecule has 1 saturated heterocycles. The average Bonchev–Trinajstić information content (AvgIpc) is 2.83. The highest BCUT2D eigenvalue weighted by atomic mass is 19.4. The van der Waals surface area contributed by atoms with Crippen LogP contribution < -0.4 is 16.4 Å². The van der Waals surface area contributed by atoms with E-state index in [1.807, 2.05) is 0 Å². The summed E-state index contributed by atoms with van der Waals surface area (Å²) in [6.45, 7) is 3.45. The number of hydrogen-bond acceptors (Lipinski definition) is 5. The van der Waals surface area contributed by atoms with Crippen LogP contribution in [0.2, 0.25) is 0 Å². The first-order valence-electron chi connectivity index (χ1n) is 11.3. The SMILES string of the molecule is CC(C(=O)NC[C@H](C(=O)NCc1ccc(N)nc1)c1cccc(C(F)(F)F)c1)N1CCCCC1. The van der Waals surface area contributed by atoms with Crippen molar-refractivity contribution in [1.29, 1.82) is 0 Å². The van der Waals surface area contributed by atoms with Crippen LogP contribution in [0.4, 0.5) is 19.0 Å². The van der Waals surface area contributed by atoms with Crippen LogP contribution in [-0.2, 0) is 22.3 Å². The van der Waals surface area contributed by atoms with Gasteiger partial charge in [0.2, 0.25) is 11.8 Å². The summed E-state index contributed by atoms with van der Waals surface area (Å²) < 4.78 is 39.8. The highest BCUT2D eigenvalue weighted by molar-refractivity contribution is 5.86. The van der Waals surface area contributed by atoms with Crippen LogP contribution in [0.3, 0.4) is 0 Å². The number of likely N-dealkylation sites (tertiary alicyclic amines) is 1. The molecule has 1 aromatic heterocycles. The standard InChI is InChI=1S/C24H30F3N5O2/c1-16(32-10-3-2-4-11-32)22(33)31-15-20(18-6-5-7-19(12-18)24(25,26)27)23(34)30-14-17-8-9-21(28)29-13-17/h5-9,12-13,16,20H,2-4,10-11,14-15H2,1H3,(H2,28,29)(H,30,34)(H,31,33)/t16?,20-/m0/s1. The third-order valence-corrected chi connectivity index (χ3v) is 6.05. The molecule has 0 bridgehead atoms. The first kappa shape index (κ1) is 25.5. The van der Waals surface area contributed by atoms with E-state index in [-0.39, 0.29) is 30.6 Å². The molecule has 2 aromatic rings. The fourth-order valence-electron chi connectivity index (χ4n) is 3.97. The zero-order chi connectivity index (χ0) is 24.7. The minimum Gasteiger partial charge on any atom is -0.384 e. The van der Waals surface area contributed by atoms with Crippen molar-refractivity contribution in [3.63, 3.8) is 0 Å². The molecule has 2 heterocycles. The van der Waals surface area contributed by atoms with Gasteiger partial charge in [0.25, 0.3) is 0 Å². The quantitative estimate of drug-likeness (QED) is 0.543. The molecule has 2 amide bonds. The van der Waals surface area contributed by atoms with Gasteiger partial charge in [0.1, 0.15) is 5.82 Å². The molecule has 2 atom stereocenters. The van der Waals surface area contributed by atoms with E-state index < -0.39 is 23.6 Å². The fraction of sp³-hybridized carbons (Fsp3) is 0.458. The number of nitrogens with zero attached hydrogens (tertiary/aromatic N) is 2. The van der Waals surface area contributed by atoms with Crippen molar-refractivity contribution < 1.29 is 22.8 Å². The highest BCUT2D eigenvalue weighted by Crippen LogP contribution is 2.31. The molecule has 3 rings (SSSR count). The van der Waals surface area contributed by atoms with E-state index in [0.717, 1.165) is 44.5 Å². The van der Waals surface area contributed by atoms with E-state index in [1.165, 1.54) is 18.3 Å². The second kappa shape index (κ2) is 11.3. The molecular formula is C24H30F3N5O2. The maximum Gasteiger partial charge on any atom is 0.416 e. The lowest BCUT2D eigenvalue weighted by atomic mass is 9.95. The molecule has 1 unspecified atom stereocenters. The van der Waals surface area contributed by atoms with E-state index in [9.17, 15) is 22.8 Å². The maximum absolute atomic E-state index is 13.3. The minimum absolute atomic E-state index is 0.121. The van der Waals surface area contributed by atoms with Gasteiger partial charge in [0, 0.05) is 19.3 Å². The zero-order valence-corrected chi connectivity index (χ0v) is 19.1. The number of anilines is 1. The molecule has 1 aliphatic rings. The number of aromatic nitrogens is 1. The number of carbonyl (C=O) groups is 2. The molecular weight excluding hydrogens is 447 g/mol. The number of carbonyl (C=O) groups excluding carboxylic acids is 2. The Morgan fingerprint density at radius 1 is 1.09 bits per heavy atom. The minimum atomic E-state index is -4.54. The number of rotatable bonds is 8. The Kier molecular flexibility index (Phi) is 8.49. The lowest BCUT2D eigenvalue weighted by Gasteiger charge is -2.31. The van der Waals surface area contributed by atoms with Gasteiger partial charge in [-0.3, -0.25) is 14.5 Å². The molecule has 7 nitrogen and oxygen atoms in total. The summed E-state index contributed by atoms with van der Waals surface area (Å²) in [7, 11) is 0. The molecule has 1 aliphatic heterocycles. The predicted molar refractivity (Wildman–Crippen MR) is 123 cm³/mol. The van der Waals surface area contributed by atoms with Gasteiger partial charge in [0.05, 0.1) is 17.5 Å². The molecule has 0 saturated carbocycles. The monoisotopic (exact) mass is 477 g/mol. The number of piperidine rings is 1. The van der Waals surface area contributed by atoms with Gasteiger partial charge in [-0.15, -0.1) is 0 Å². The Labute approximate surface area is 196 Å². The number of amides is 2. The van der Waals surface area contributed by atoms with E-state index in [4.69, 9.17) is 5.73 Å². The molecule has 10 heteroatoms. The van der Waals surface area contributed by atoms with Gasteiger partial charge in [-0.1, -0.05) is 30.7 Å². The second-order valence-corrected chi connectivity index (χ2v) is 8.50. The van der Waals surface area contributed by atoms with Crippen LogP contribution in [-0.4, -0.2) is 47.4 Å². The van der Waals surface area contributed by atoms with Crippen molar-refractivity contribution in [3.05, 3.63) is 59.3 Å². The maximum atomic E-state index is 13.3. The van der Waals surface area contributed by atoms with E-state index in [0.29, 0.717) is 11.4 Å². The number of nitrogen functional groups attached to an aromatic ring is 1. The summed E-state index contributed by atoms with van der Waals surface area (Å²) in [6, 6.07) is 7.54. The Balaban J connectivity index is 1.73. The molecule has 4 N–H and O–H groups in total. The number of hydrogen-bond donors (Lipinski definition) is 3. The summed E-state index contributed by atoms with van der Waals surface area (Å²) in [4.78, 5) is 31.8. The van der Waals surface area contributed by atoms with Gasteiger partial charge in [-0.2, -0.15) is 13.2 Å². The van der Waals surface area contributed by atoms with Crippen LogP contribution in [0.1, 0.15) is 48.8 Å².